The molecular formula is C18H23NO4S. The summed E-state index contributed by atoms with van der Waals surface area (Å²) in [5.41, 5.74) is 0. The number of nitrogens with zero attached hydrogens (tertiary/aromatic N) is 1. The predicted molar refractivity (Wildman–Crippen MR) is 94.3 cm³/mol. The van der Waals surface area contributed by atoms with Crippen LogP contribution in [0.15, 0.2) is 29.2 Å². The molecule has 6 heteroatoms. The van der Waals surface area contributed by atoms with Gasteiger partial charge in [0, 0.05) is 18.0 Å². The summed E-state index contributed by atoms with van der Waals surface area (Å²) in [5, 5.41) is 0. The van der Waals surface area contributed by atoms with Crippen molar-refractivity contribution < 1.29 is 19.0 Å². The molecular weight excluding hydrogens is 326 g/mol. The van der Waals surface area contributed by atoms with Crippen molar-refractivity contribution in [2.24, 2.45) is 0 Å². The van der Waals surface area contributed by atoms with Crippen LogP contribution in [-0.2, 0) is 14.3 Å². The fourth-order valence-electron chi connectivity index (χ4n) is 2.07. The molecule has 1 saturated heterocycles. The highest BCUT2D eigenvalue weighted by molar-refractivity contribution is 8.00. The first-order valence-corrected chi connectivity index (χ1v) is 9.03. The lowest BCUT2D eigenvalue weighted by Crippen LogP contribution is -2.36. The molecule has 1 aliphatic rings. The summed E-state index contributed by atoms with van der Waals surface area (Å²) in [6.45, 7) is 6.82. The number of morpholine rings is 1. The Morgan fingerprint density at radius 1 is 1.25 bits per heavy atom. The number of hydrogen-bond donors (Lipinski definition) is 0. The standard InChI is InChI=1S/C18H23NO4S/c1-2-22-18(20)15-24-17-7-5-16(6-8-17)23-12-4-3-9-19-10-13-21-14-11-19/h5-8H,2,9-15H2,1H3. The molecule has 1 aromatic carbocycles. The van der Waals surface area contributed by atoms with E-state index in [1.54, 1.807) is 6.92 Å². The van der Waals surface area contributed by atoms with Crippen molar-refractivity contribution in [3.05, 3.63) is 24.3 Å². The molecule has 0 spiro atoms. The number of carbonyl (C=O) groups excluding carboxylic acids is 1. The maximum absolute atomic E-state index is 11.3. The lowest BCUT2D eigenvalue weighted by atomic mass is 10.3. The Labute approximate surface area is 147 Å². The van der Waals surface area contributed by atoms with E-state index in [-0.39, 0.29) is 5.97 Å². The zero-order valence-corrected chi connectivity index (χ0v) is 14.8. The van der Waals surface area contributed by atoms with Gasteiger partial charge in [0.25, 0.3) is 0 Å². The highest BCUT2D eigenvalue weighted by atomic mass is 32.2. The minimum Gasteiger partial charge on any atom is -0.481 e. The first-order chi connectivity index (χ1) is 11.8. The molecule has 1 fully saturated rings. The van der Waals surface area contributed by atoms with Crippen LogP contribution in [0.5, 0.6) is 5.75 Å². The number of benzene rings is 1. The lowest BCUT2D eigenvalue weighted by molar-refractivity contribution is -0.139. The number of hydrogen-bond acceptors (Lipinski definition) is 6. The molecule has 0 aliphatic carbocycles. The largest absolute Gasteiger partial charge is 0.481 e. The molecule has 5 nitrogen and oxygen atoms in total. The average molecular weight is 349 g/mol. The van der Waals surface area contributed by atoms with E-state index in [9.17, 15) is 4.79 Å². The predicted octanol–water partition coefficient (Wildman–Crippen LogP) is 2.06. The fraction of sp³-hybridized carbons (Fsp3) is 0.500. The summed E-state index contributed by atoms with van der Waals surface area (Å²) in [5.74, 6) is 7.05. The van der Waals surface area contributed by atoms with Crippen LogP contribution in [0.25, 0.3) is 0 Å². The van der Waals surface area contributed by atoms with E-state index in [1.807, 2.05) is 24.3 Å². The van der Waals surface area contributed by atoms with Gasteiger partial charge in [-0.15, -0.1) is 11.8 Å². The molecule has 0 amide bonds. The van der Waals surface area contributed by atoms with Crippen molar-refractivity contribution in [3.63, 3.8) is 0 Å². The molecule has 2 rings (SSSR count). The minimum atomic E-state index is -0.196. The van der Waals surface area contributed by atoms with Crippen molar-refractivity contribution in [2.75, 3.05) is 51.8 Å². The lowest BCUT2D eigenvalue weighted by Gasteiger charge is -2.24. The molecule has 0 atom stereocenters. The number of thioether (sulfide) groups is 1. The zero-order chi connectivity index (χ0) is 17.0. The molecule has 1 aromatic rings. The SMILES string of the molecule is CCOC(=O)CSc1ccc(OCC#CCN2CCOCC2)cc1. The van der Waals surface area contributed by atoms with Crippen LogP contribution < -0.4 is 4.74 Å². The van der Waals surface area contributed by atoms with Gasteiger partial charge in [-0.05, 0) is 31.2 Å². The number of ether oxygens (including phenoxy) is 3. The van der Waals surface area contributed by atoms with E-state index in [4.69, 9.17) is 14.2 Å². The van der Waals surface area contributed by atoms with E-state index >= 15 is 0 Å². The van der Waals surface area contributed by atoms with Gasteiger partial charge in [0.1, 0.15) is 12.4 Å². The number of carbonyl (C=O) groups is 1. The van der Waals surface area contributed by atoms with E-state index in [0.717, 1.165) is 43.5 Å². The minimum absolute atomic E-state index is 0.196. The van der Waals surface area contributed by atoms with Crippen LogP contribution in [0.2, 0.25) is 0 Å². The fourth-order valence-corrected chi connectivity index (χ4v) is 2.77. The summed E-state index contributed by atoms with van der Waals surface area (Å²) in [4.78, 5) is 14.6. The Morgan fingerprint density at radius 2 is 2.00 bits per heavy atom. The summed E-state index contributed by atoms with van der Waals surface area (Å²) >= 11 is 1.45. The van der Waals surface area contributed by atoms with E-state index in [0.29, 0.717) is 19.0 Å². The van der Waals surface area contributed by atoms with Crippen LogP contribution in [-0.4, -0.2) is 62.7 Å². The van der Waals surface area contributed by atoms with Gasteiger partial charge in [-0.1, -0.05) is 11.8 Å². The molecule has 0 N–H and O–H groups in total. The highest BCUT2D eigenvalue weighted by Crippen LogP contribution is 2.21. The van der Waals surface area contributed by atoms with E-state index in [1.165, 1.54) is 11.8 Å². The van der Waals surface area contributed by atoms with Gasteiger partial charge in [-0.2, -0.15) is 0 Å². The van der Waals surface area contributed by atoms with Crippen molar-refractivity contribution in [1.29, 1.82) is 0 Å². The first kappa shape index (κ1) is 18.7. The van der Waals surface area contributed by atoms with Crippen molar-refractivity contribution in [1.82, 2.24) is 4.90 Å². The smallest absolute Gasteiger partial charge is 0.316 e. The molecule has 1 aliphatic heterocycles. The summed E-state index contributed by atoms with van der Waals surface area (Å²) < 4.78 is 15.8. The molecule has 130 valence electrons. The summed E-state index contributed by atoms with van der Waals surface area (Å²) in [6.07, 6.45) is 0. The molecule has 0 bridgehead atoms. The quantitative estimate of drug-likeness (QED) is 0.427. The summed E-state index contributed by atoms with van der Waals surface area (Å²) in [7, 11) is 0. The van der Waals surface area contributed by atoms with Crippen LogP contribution in [0.1, 0.15) is 6.92 Å². The topological polar surface area (TPSA) is 48.0 Å². The molecule has 0 aromatic heterocycles. The zero-order valence-electron chi connectivity index (χ0n) is 14.0. The third kappa shape index (κ3) is 7.26. The average Bonchev–Trinajstić information content (AvgIpc) is 2.62. The second-order valence-corrected chi connectivity index (χ2v) is 6.14. The van der Waals surface area contributed by atoms with Gasteiger partial charge in [0.05, 0.1) is 32.1 Å². The molecule has 1 heterocycles. The Bertz CT molecular complexity index is 559. The Hall–Kier alpha value is -1.68. The second kappa shape index (κ2) is 11.0. The number of rotatable bonds is 7. The van der Waals surface area contributed by atoms with Gasteiger partial charge in [0.15, 0.2) is 0 Å². The van der Waals surface area contributed by atoms with E-state index < -0.39 is 0 Å². The normalized spacial score (nSPS) is 14.5. The summed E-state index contributed by atoms with van der Waals surface area (Å²) in [6, 6.07) is 7.63. The Kier molecular flexibility index (Phi) is 8.53. The molecule has 0 unspecified atom stereocenters. The first-order valence-electron chi connectivity index (χ1n) is 8.05. The van der Waals surface area contributed by atoms with Gasteiger partial charge in [-0.3, -0.25) is 9.69 Å². The Balaban J connectivity index is 1.65. The molecule has 24 heavy (non-hydrogen) atoms. The maximum Gasteiger partial charge on any atom is 0.316 e. The van der Waals surface area contributed by atoms with Crippen LogP contribution in [0, 0.1) is 11.8 Å². The second-order valence-electron chi connectivity index (χ2n) is 5.10. The third-order valence-corrected chi connectivity index (χ3v) is 4.31. The van der Waals surface area contributed by atoms with Gasteiger partial charge in [0.2, 0.25) is 0 Å². The Morgan fingerprint density at radius 3 is 2.71 bits per heavy atom. The monoisotopic (exact) mass is 349 g/mol. The highest BCUT2D eigenvalue weighted by Gasteiger charge is 2.07. The molecule has 0 radical (unpaired) electrons. The van der Waals surface area contributed by atoms with Crippen LogP contribution in [0.3, 0.4) is 0 Å². The maximum atomic E-state index is 11.3. The van der Waals surface area contributed by atoms with Crippen molar-refractivity contribution >= 4 is 17.7 Å². The van der Waals surface area contributed by atoms with Crippen LogP contribution >= 0.6 is 11.8 Å². The van der Waals surface area contributed by atoms with E-state index in [2.05, 4.69) is 16.7 Å². The van der Waals surface area contributed by atoms with Gasteiger partial charge < -0.3 is 14.2 Å². The number of esters is 1. The third-order valence-electron chi connectivity index (χ3n) is 3.33. The van der Waals surface area contributed by atoms with Crippen molar-refractivity contribution in [2.45, 2.75) is 11.8 Å². The van der Waals surface area contributed by atoms with Gasteiger partial charge >= 0.3 is 5.97 Å². The van der Waals surface area contributed by atoms with Gasteiger partial charge in [-0.25, -0.2) is 0 Å². The van der Waals surface area contributed by atoms with Crippen LogP contribution in [0.4, 0.5) is 0 Å². The molecule has 0 saturated carbocycles. The van der Waals surface area contributed by atoms with Crippen molar-refractivity contribution in [3.8, 4) is 17.6 Å².